The van der Waals surface area contributed by atoms with Gasteiger partial charge in [-0.25, -0.2) is 51.4 Å². The number of hydrogen-bond acceptors (Lipinski definition) is 18. The van der Waals surface area contributed by atoms with E-state index in [0.717, 1.165) is 0 Å². The average molecular weight is 943 g/mol. The first-order valence-electron chi connectivity index (χ1n) is 12.2. The molecule has 0 radical (unpaired) electrons. The van der Waals surface area contributed by atoms with E-state index in [0.29, 0.717) is 0 Å². The molecular weight excluding hydrogens is 925 g/mol. The Morgan fingerprint density at radius 2 is 0.519 bits per heavy atom. The molecule has 54 heavy (non-hydrogen) atoms. The summed E-state index contributed by atoms with van der Waals surface area (Å²) in [4.78, 5) is 0. The molecule has 0 saturated heterocycles. The summed E-state index contributed by atoms with van der Waals surface area (Å²) < 4.78 is 331. The second kappa shape index (κ2) is 17.1. The maximum absolute atomic E-state index is 14.6. The molecule has 0 spiro atoms. The molecule has 0 aliphatic rings. The molecule has 318 valence electrons. The third-order valence-corrected chi connectivity index (χ3v) is 9.75. The van der Waals surface area contributed by atoms with Gasteiger partial charge in [0.25, 0.3) is 0 Å². The molecule has 18 nitrogen and oxygen atoms in total. The zero-order valence-corrected chi connectivity index (χ0v) is 29.9. The van der Waals surface area contributed by atoms with Crippen molar-refractivity contribution in [2.24, 2.45) is 0 Å². The molecule has 1 aromatic rings. The summed E-state index contributed by atoms with van der Waals surface area (Å²) in [6, 6.07) is -20.2. The summed E-state index contributed by atoms with van der Waals surface area (Å²) in [6.45, 7) is 0. The molecule has 0 aliphatic carbocycles. The smallest absolute Gasteiger partial charge is 0.231 e. The predicted octanol–water partition coefficient (Wildman–Crippen LogP) is 1.93. The lowest BCUT2D eigenvalue weighted by molar-refractivity contribution is -0.318. The van der Waals surface area contributed by atoms with Crippen molar-refractivity contribution in [3.63, 3.8) is 0 Å². The summed E-state index contributed by atoms with van der Waals surface area (Å²) in [6.07, 6.45) is -13.2. The van der Waals surface area contributed by atoms with Gasteiger partial charge in [-0.1, -0.05) is 24.3 Å². The molecule has 36 heteroatoms. The minimum Gasteiger partial charge on any atom is -0.231 e. The van der Waals surface area contributed by atoms with E-state index >= 15 is 0 Å². The third kappa shape index (κ3) is 13.5. The van der Waals surface area contributed by atoms with E-state index < -0.39 is 168 Å². The fourth-order valence-corrected chi connectivity index (χ4v) is 7.27. The highest BCUT2D eigenvalue weighted by molar-refractivity contribution is 7.88. The minimum absolute atomic E-state index is 0.509. The molecule has 0 saturated carbocycles. The average Bonchev–Trinajstić information content (AvgIpc) is 2.99. The van der Waals surface area contributed by atoms with Crippen LogP contribution >= 0.6 is 0 Å². The highest BCUT2D eigenvalue weighted by Crippen LogP contribution is 2.51. The normalized spacial score (nSPS) is 15.9. The zero-order valence-electron chi connectivity index (χ0n) is 25.0. The van der Waals surface area contributed by atoms with Gasteiger partial charge in [0.1, 0.15) is 0 Å². The molecule has 1 aromatic carbocycles. The van der Waals surface area contributed by atoms with Crippen LogP contribution in [0.5, 0.6) is 0 Å². The van der Waals surface area contributed by atoms with Crippen molar-refractivity contribution in [1.82, 2.24) is 0 Å². The standard InChI is InChI=1S/C18H18F12O18S6/c19-5-49(31,32)43-17(44-50(33,34)6-20,45-51(35,36)7-21)13(15(25,26)27)11-1-2-12(4-3-11)14(16(28,29)30)18(46-52(37,38)8-22,47-53(39,40)9-23)48-54(41,42)10-24/h1-4,13-14H,5-10H2. The Morgan fingerprint density at radius 1 is 0.370 bits per heavy atom. The summed E-state index contributed by atoms with van der Waals surface area (Å²) >= 11 is 0. The van der Waals surface area contributed by atoms with E-state index in [2.05, 4.69) is 25.1 Å². The Hall–Kier alpha value is -2.16. The third-order valence-electron chi connectivity index (χ3n) is 5.23. The van der Waals surface area contributed by atoms with Gasteiger partial charge in [0.15, 0.2) is 11.8 Å². The van der Waals surface area contributed by atoms with Crippen molar-refractivity contribution in [2.45, 2.75) is 36.1 Å². The molecule has 0 bridgehead atoms. The van der Waals surface area contributed by atoms with Crippen LogP contribution < -0.4 is 0 Å². The van der Waals surface area contributed by atoms with Crippen molar-refractivity contribution in [1.29, 1.82) is 0 Å². The van der Waals surface area contributed by atoms with Gasteiger partial charge in [-0.15, -0.1) is 0 Å². The monoisotopic (exact) mass is 942 g/mol. The quantitative estimate of drug-likeness (QED) is 0.0914. The van der Waals surface area contributed by atoms with Crippen molar-refractivity contribution >= 4 is 60.7 Å². The van der Waals surface area contributed by atoms with Crippen LogP contribution in [0.15, 0.2) is 24.3 Å². The molecule has 1 rings (SSSR count). The fourth-order valence-electron chi connectivity index (χ4n) is 3.64. The number of hydrogen-bond donors (Lipinski definition) is 0. The van der Waals surface area contributed by atoms with E-state index in [1.165, 1.54) is 0 Å². The lowest BCUT2D eigenvalue weighted by Crippen LogP contribution is -2.54. The first-order valence-corrected chi connectivity index (χ1v) is 21.7. The van der Waals surface area contributed by atoms with Gasteiger partial charge in [0.05, 0.1) is 0 Å². The van der Waals surface area contributed by atoms with Crippen molar-refractivity contribution < 1.29 is 128 Å². The first kappa shape index (κ1) is 49.9. The van der Waals surface area contributed by atoms with Gasteiger partial charge in [0, 0.05) is 0 Å². The lowest BCUT2D eigenvalue weighted by Gasteiger charge is -2.38. The fraction of sp³-hybridized carbons (Fsp3) is 0.667. The summed E-state index contributed by atoms with van der Waals surface area (Å²) in [5, 5.41) is 0. The molecule has 0 heterocycles. The molecule has 0 N–H and O–H groups in total. The Morgan fingerprint density at radius 3 is 0.630 bits per heavy atom. The number of benzene rings is 1. The zero-order chi connectivity index (χ0) is 42.6. The van der Waals surface area contributed by atoms with Crippen LogP contribution in [0.2, 0.25) is 0 Å². The predicted molar refractivity (Wildman–Crippen MR) is 145 cm³/mol. The Bertz CT molecular complexity index is 1790. The van der Waals surface area contributed by atoms with Crippen molar-refractivity contribution in [2.75, 3.05) is 36.0 Å². The van der Waals surface area contributed by atoms with E-state index in [9.17, 15) is 103 Å². The van der Waals surface area contributed by atoms with Crippen LogP contribution in [0.25, 0.3) is 0 Å². The second-order valence-corrected chi connectivity index (χ2v) is 18.3. The van der Waals surface area contributed by atoms with Gasteiger partial charge < -0.3 is 0 Å². The SMILES string of the molecule is O=S(=O)(CF)OC(OS(=O)(=O)CF)(OS(=O)(=O)CF)C(c1ccc(C(C(F)(F)F)C(OS(=O)(=O)CF)(OS(=O)(=O)CF)OS(=O)(=O)CF)cc1)C(F)(F)F. The molecule has 0 aliphatic heterocycles. The Kier molecular flexibility index (Phi) is 15.8. The first-order chi connectivity index (χ1) is 24.1. The second-order valence-electron chi connectivity index (χ2n) is 9.32. The maximum Gasteiger partial charge on any atom is 0.403 e. The Balaban J connectivity index is 4.55. The topological polar surface area (TPSA) is 260 Å². The molecule has 2 unspecified atom stereocenters. The van der Waals surface area contributed by atoms with Crippen LogP contribution in [-0.2, 0) is 85.8 Å². The van der Waals surface area contributed by atoms with Crippen LogP contribution in [0, 0.1) is 0 Å². The summed E-state index contributed by atoms with van der Waals surface area (Å²) in [5.74, 6) is -20.5. The van der Waals surface area contributed by atoms with E-state index in [4.69, 9.17) is 0 Å². The highest BCUT2D eigenvalue weighted by Gasteiger charge is 2.66. The van der Waals surface area contributed by atoms with Gasteiger partial charge in [0.2, 0.25) is 36.0 Å². The van der Waals surface area contributed by atoms with Crippen LogP contribution in [0.1, 0.15) is 23.0 Å². The summed E-state index contributed by atoms with van der Waals surface area (Å²) in [7, 11) is -38.5. The van der Waals surface area contributed by atoms with Gasteiger partial charge >= 0.3 is 85.0 Å². The van der Waals surface area contributed by atoms with Crippen LogP contribution in [0.4, 0.5) is 52.7 Å². The van der Waals surface area contributed by atoms with Crippen LogP contribution in [-0.4, -0.2) is 111 Å². The molecule has 0 fully saturated rings. The molecule has 0 amide bonds. The molecular formula is C18H18F12O18S6. The largest absolute Gasteiger partial charge is 0.403 e. The van der Waals surface area contributed by atoms with E-state index in [-0.39, 0.29) is 0 Å². The number of rotatable bonds is 22. The Labute approximate surface area is 295 Å². The van der Waals surface area contributed by atoms with Gasteiger partial charge in [-0.3, -0.25) is 0 Å². The minimum atomic E-state index is -6.58. The molecule has 0 aromatic heterocycles. The van der Waals surface area contributed by atoms with Crippen molar-refractivity contribution in [3.8, 4) is 0 Å². The van der Waals surface area contributed by atoms with Gasteiger partial charge in [-0.2, -0.15) is 76.8 Å². The van der Waals surface area contributed by atoms with Crippen LogP contribution in [0.3, 0.4) is 0 Å². The number of alkyl halides is 12. The highest BCUT2D eigenvalue weighted by atomic mass is 32.2. The number of halogens is 12. The maximum atomic E-state index is 14.6. The van der Waals surface area contributed by atoms with Gasteiger partial charge in [-0.05, 0) is 11.1 Å². The molecule has 2 atom stereocenters. The van der Waals surface area contributed by atoms with E-state index in [1.807, 2.05) is 0 Å². The summed E-state index contributed by atoms with van der Waals surface area (Å²) in [5.41, 5.74) is -4.22. The van der Waals surface area contributed by atoms with Crippen molar-refractivity contribution in [3.05, 3.63) is 35.4 Å². The van der Waals surface area contributed by atoms with E-state index in [1.54, 1.807) is 0 Å². The lowest BCUT2D eigenvalue weighted by atomic mass is 9.90.